The van der Waals surface area contributed by atoms with Gasteiger partial charge in [-0.2, -0.15) is 4.52 Å². The maximum Gasteiger partial charge on any atom is 0.258 e. The first kappa shape index (κ1) is 22.6. The minimum absolute atomic E-state index is 0.200. The van der Waals surface area contributed by atoms with E-state index in [2.05, 4.69) is 20.6 Å². The van der Waals surface area contributed by atoms with Crippen molar-refractivity contribution in [2.24, 2.45) is 0 Å². The summed E-state index contributed by atoms with van der Waals surface area (Å²) >= 11 is 12.0. The Labute approximate surface area is 199 Å². The number of carbonyl (C=O) groups is 1. The molecule has 0 aliphatic carbocycles. The lowest BCUT2D eigenvalue weighted by Crippen LogP contribution is -2.32. The molecule has 1 amide bonds. The Bertz CT molecular complexity index is 1280. The predicted molar refractivity (Wildman–Crippen MR) is 123 cm³/mol. The summed E-state index contributed by atoms with van der Waals surface area (Å²) in [6, 6.07) is 15.8. The van der Waals surface area contributed by atoms with Gasteiger partial charge in [0.05, 0.1) is 18.7 Å². The SMILES string of the molecule is COc1cccc(-c2nnc3ccc(OCCNC(=O)COc4cccc(Cl)c4Cl)nn23)c1. The number of methoxy groups -OCH3 is 1. The second-order valence-corrected chi connectivity index (χ2v) is 7.52. The lowest BCUT2D eigenvalue weighted by atomic mass is 10.2. The van der Waals surface area contributed by atoms with Crippen LogP contribution in [0.3, 0.4) is 0 Å². The Kier molecular flexibility index (Phi) is 7.11. The van der Waals surface area contributed by atoms with Gasteiger partial charge < -0.3 is 19.5 Å². The number of amides is 1. The van der Waals surface area contributed by atoms with Gasteiger partial charge in [-0.05, 0) is 30.3 Å². The van der Waals surface area contributed by atoms with Crippen LogP contribution in [0.1, 0.15) is 0 Å². The first-order chi connectivity index (χ1) is 16.0. The van der Waals surface area contributed by atoms with Crippen LogP contribution in [0.4, 0.5) is 0 Å². The summed E-state index contributed by atoms with van der Waals surface area (Å²) in [7, 11) is 1.60. The fourth-order valence-electron chi connectivity index (χ4n) is 2.93. The molecule has 9 nitrogen and oxygen atoms in total. The van der Waals surface area contributed by atoms with Crippen LogP contribution in [0.25, 0.3) is 17.0 Å². The van der Waals surface area contributed by atoms with Crippen LogP contribution in [0.15, 0.2) is 54.6 Å². The van der Waals surface area contributed by atoms with E-state index in [-0.39, 0.29) is 30.7 Å². The van der Waals surface area contributed by atoms with Crippen LogP contribution in [0, 0.1) is 0 Å². The smallest absolute Gasteiger partial charge is 0.258 e. The van der Waals surface area contributed by atoms with Crippen molar-refractivity contribution in [3.8, 4) is 28.8 Å². The standard InChI is InChI=1S/C22H19Cl2N5O4/c1-31-15-5-2-4-14(12-15)22-27-26-18-8-9-20(28-29(18)22)32-11-10-25-19(30)13-33-17-7-3-6-16(23)21(17)24/h2-9,12H,10-11,13H2,1H3,(H,25,30). The molecular formula is C22H19Cl2N5O4. The minimum Gasteiger partial charge on any atom is -0.497 e. The zero-order valence-corrected chi connectivity index (χ0v) is 19.0. The van der Waals surface area contributed by atoms with Gasteiger partial charge in [-0.3, -0.25) is 4.79 Å². The van der Waals surface area contributed by atoms with Crippen molar-refractivity contribution in [3.05, 3.63) is 64.6 Å². The number of benzene rings is 2. The highest BCUT2D eigenvalue weighted by molar-refractivity contribution is 6.42. The van der Waals surface area contributed by atoms with E-state index in [0.717, 1.165) is 5.56 Å². The molecule has 4 rings (SSSR count). The van der Waals surface area contributed by atoms with Gasteiger partial charge >= 0.3 is 0 Å². The monoisotopic (exact) mass is 487 g/mol. The summed E-state index contributed by atoms with van der Waals surface area (Å²) in [6.45, 7) is 0.268. The molecule has 0 unspecified atom stereocenters. The Morgan fingerprint density at radius 2 is 1.91 bits per heavy atom. The van der Waals surface area contributed by atoms with Crippen LogP contribution < -0.4 is 19.5 Å². The highest BCUT2D eigenvalue weighted by atomic mass is 35.5. The number of hydrogen-bond donors (Lipinski definition) is 1. The number of fused-ring (bicyclic) bond motifs is 1. The van der Waals surface area contributed by atoms with Gasteiger partial charge in [-0.15, -0.1) is 15.3 Å². The molecule has 0 spiro atoms. The van der Waals surface area contributed by atoms with Crippen molar-refractivity contribution in [2.75, 3.05) is 26.9 Å². The van der Waals surface area contributed by atoms with E-state index >= 15 is 0 Å². The van der Waals surface area contributed by atoms with Gasteiger partial charge in [-0.25, -0.2) is 0 Å². The zero-order valence-electron chi connectivity index (χ0n) is 17.5. The summed E-state index contributed by atoms with van der Waals surface area (Å²) in [5, 5.41) is 16.1. The molecule has 0 bridgehead atoms. The number of nitrogens with zero attached hydrogens (tertiary/aromatic N) is 4. The molecule has 0 fully saturated rings. The first-order valence-corrected chi connectivity index (χ1v) is 10.6. The van der Waals surface area contributed by atoms with E-state index < -0.39 is 0 Å². The Balaban J connectivity index is 1.31. The van der Waals surface area contributed by atoms with E-state index in [1.165, 1.54) is 0 Å². The second kappa shape index (κ2) is 10.4. The number of ether oxygens (including phenoxy) is 3. The van der Waals surface area contributed by atoms with Crippen molar-refractivity contribution in [3.63, 3.8) is 0 Å². The number of halogens is 2. The number of hydrogen-bond acceptors (Lipinski definition) is 7. The molecule has 0 saturated heterocycles. The van der Waals surface area contributed by atoms with E-state index in [1.807, 2.05) is 24.3 Å². The van der Waals surface area contributed by atoms with Gasteiger partial charge in [0.2, 0.25) is 5.88 Å². The number of carbonyl (C=O) groups excluding carboxylic acids is 1. The normalized spacial score (nSPS) is 10.8. The Morgan fingerprint density at radius 1 is 1.06 bits per heavy atom. The highest BCUT2D eigenvalue weighted by Gasteiger charge is 2.12. The average Bonchev–Trinajstić information content (AvgIpc) is 3.26. The maximum absolute atomic E-state index is 12.0. The molecule has 2 aromatic heterocycles. The number of nitrogens with one attached hydrogen (secondary N) is 1. The number of aromatic nitrogens is 4. The fraction of sp³-hybridized carbons (Fsp3) is 0.182. The molecule has 11 heteroatoms. The third-order valence-electron chi connectivity index (χ3n) is 4.52. The van der Waals surface area contributed by atoms with Gasteiger partial charge in [0.25, 0.3) is 5.91 Å². The summed E-state index contributed by atoms with van der Waals surface area (Å²) in [4.78, 5) is 12.0. The summed E-state index contributed by atoms with van der Waals surface area (Å²) in [5.41, 5.74) is 1.38. The van der Waals surface area contributed by atoms with Crippen LogP contribution in [0.5, 0.6) is 17.4 Å². The van der Waals surface area contributed by atoms with Gasteiger partial charge in [0, 0.05) is 11.6 Å². The molecule has 0 atom stereocenters. The van der Waals surface area contributed by atoms with Crippen molar-refractivity contribution >= 4 is 34.8 Å². The van der Waals surface area contributed by atoms with Crippen molar-refractivity contribution in [2.45, 2.75) is 0 Å². The van der Waals surface area contributed by atoms with E-state index in [9.17, 15) is 4.79 Å². The Morgan fingerprint density at radius 3 is 2.76 bits per heavy atom. The molecule has 0 aliphatic heterocycles. The molecule has 2 aromatic carbocycles. The summed E-state index contributed by atoms with van der Waals surface area (Å²) in [6.07, 6.45) is 0. The lowest BCUT2D eigenvalue weighted by Gasteiger charge is -2.10. The molecule has 0 saturated carbocycles. The highest BCUT2D eigenvalue weighted by Crippen LogP contribution is 2.31. The molecule has 33 heavy (non-hydrogen) atoms. The molecule has 170 valence electrons. The largest absolute Gasteiger partial charge is 0.497 e. The molecule has 2 heterocycles. The van der Waals surface area contributed by atoms with Gasteiger partial charge in [0.15, 0.2) is 18.1 Å². The predicted octanol–water partition coefficient (Wildman–Crippen LogP) is 3.68. The molecule has 1 N–H and O–H groups in total. The van der Waals surface area contributed by atoms with E-state index in [0.29, 0.717) is 33.9 Å². The third-order valence-corrected chi connectivity index (χ3v) is 5.32. The summed E-state index contributed by atoms with van der Waals surface area (Å²) < 4.78 is 17.9. The first-order valence-electron chi connectivity index (χ1n) is 9.88. The topological polar surface area (TPSA) is 99.9 Å². The fourth-order valence-corrected chi connectivity index (χ4v) is 3.27. The van der Waals surface area contributed by atoms with Crippen LogP contribution in [-0.4, -0.2) is 52.6 Å². The zero-order chi connectivity index (χ0) is 23.2. The molecule has 0 radical (unpaired) electrons. The third kappa shape index (κ3) is 5.44. The quantitative estimate of drug-likeness (QED) is 0.359. The van der Waals surface area contributed by atoms with Crippen LogP contribution >= 0.6 is 23.2 Å². The minimum atomic E-state index is -0.322. The van der Waals surface area contributed by atoms with Crippen LogP contribution in [0.2, 0.25) is 10.0 Å². The second-order valence-electron chi connectivity index (χ2n) is 6.74. The van der Waals surface area contributed by atoms with Crippen molar-refractivity contribution < 1.29 is 19.0 Å². The maximum atomic E-state index is 12.0. The molecular weight excluding hydrogens is 469 g/mol. The summed E-state index contributed by atoms with van der Waals surface area (Å²) in [5.74, 6) is 1.64. The van der Waals surface area contributed by atoms with Crippen molar-refractivity contribution in [1.29, 1.82) is 0 Å². The Hall–Kier alpha value is -3.56. The lowest BCUT2D eigenvalue weighted by molar-refractivity contribution is -0.123. The molecule has 4 aromatic rings. The van der Waals surface area contributed by atoms with E-state index in [1.54, 1.807) is 42.0 Å². The van der Waals surface area contributed by atoms with Crippen molar-refractivity contribution in [1.82, 2.24) is 25.1 Å². The van der Waals surface area contributed by atoms with Gasteiger partial charge in [0.1, 0.15) is 23.1 Å². The van der Waals surface area contributed by atoms with Gasteiger partial charge in [-0.1, -0.05) is 41.4 Å². The average molecular weight is 488 g/mol. The van der Waals surface area contributed by atoms with E-state index in [4.69, 9.17) is 37.4 Å². The molecule has 0 aliphatic rings. The van der Waals surface area contributed by atoms with Crippen LogP contribution in [-0.2, 0) is 4.79 Å². The number of rotatable bonds is 9.